The number of rotatable bonds is 6. The van der Waals surface area contributed by atoms with Gasteiger partial charge in [0.05, 0.1) is 6.20 Å². The van der Waals surface area contributed by atoms with Crippen LogP contribution in [-0.4, -0.2) is 15.6 Å². The van der Waals surface area contributed by atoms with Crippen molar-refractivity contribution in [2.45, 2.75) is 13.2 Å². The molecule has 0 aliphatic rings. The lowest BCUT2D eigenvalue weighted by molar-refractivity contribution is 0.0683. The minimum Gasteiger partial charge on any atom is -0.483 e. The van der Waals surface area contributed by atoms with E-state index in [1.165, 1.54) is 10.8 Å². The first-order valence-corrected chi connectivity index (χ1v) is 8.72. The molecule has 0 spiro atoms. The third-order valence-electron chi connectivity index (χ3n) is 3.83. The molecule has 0 amide bonds. The van der Waals surface area contributed by atoms with Gasteiger partial charge in [0.25, 0.3) is 0 Å². The lowest BCUT2D eigenvalue weighted by Gasteiger charge is -2.15. The highest BCUT2D eigenvalue weighted by Gasteiger charge is 2.20. The summed E-state index contributed by atoms with van der Waals surface area (Å²) in [6, 6.07) is 18.9. The smallest absolute Gasteiger partial charge is 0.353 e. The molecule has 0 aliphatic carbocycles. The quantitative estimate of drug-likeness (QED) is 0.664. The standard InChI is InChI=1S/C20H16BrNO4/c21-17-18(20(24)25)22(11-14-7-3-1-4-8-14)12-16(19(17)23)26-13-15-9-5-2-6-10-15/h1-10,12H,11,13H2,(H,24,25). The normalized spacial score (nSPS) is 10.5. The highest BCUT2D eigenvalue weighted by atomic mass is 79.9. The summed E-state index contributed by atoms with van der Waals surface area (Å²) in [7, 11) is 0. The van der Waals surface area contributed by atoms with Gasteiger partial charge >= 0.3 is 5.97 Å². The number of carboxylic acids is 1. The first-order chi connectivity index (χ1) is 12.6. The van der Waals surface area contributed by atoms with Gasteiger partial charge < -0.3 is 14.4 Å². The molecule has 1 N–H and O–H groups in total. The van der Waals surface area contributed by atoms with Crippen molar-refractivity contribution >= 4 is 21.9 Å². The van der Waals surface area contributed by atoms with Gasteiger partial charge in [0, 0.05) is 6.54 Å². The zero-order valence-electron chi connectivity index (χ0n) is 13.8. The Labute approximate surface area is 158 Å². The van der Waals surface area contributed by atoms with Crippen molar-refractivity contribution in [2.24, 2.45) is 0 Å². The second kappa shape index (κ2) is 8.01. The number of aromatic nitrogens is 1. The number of ether oxygens (including phenoxy) is 1. The molecule has 0 fully saturated rings. The minimum atomic E-state index is -1.18. The van der Waals surface area contributed by atoms with E-state index in [9.17, 15) is 14.7 Å². The molecule has 3 rings (SSSR count). The molecule has 0 saturated carbocycles. The van der Waals surface area contributed by atoms with Crippen LogP contribution in [0.3, 0.4) is 0 Å². The van der Waals surface area contributed by atoms with E-state index < -0.39 is 11.4 Å². The summed E-state index contributed by atoms with van der Waals surface area (Å²) < 4.78 is 7.14. The van der Waals surface area contributed by atoms with E-state index >= 15 is 0 Å². The van der Waals surface area contributed by atoms with Crippen LogP contribution in [0.4, 0.5) is 0 Å². The molecule has 0 saturated heterocycles. The summed E-state index contributed by atoms with van der Waals surface area (Å²) in [6.45, 7) is 0.531. The molecular formula is C20H16BrNO4. The Morgan fingerprint density at radius 1 is 1.00 bits per heavy atom. The molecule has 0 unspecified atom stereocenters. The third-order valence-corrected chi connectivity index (χ3v) is 4.56. The molecule has 26 heavy (non-hydrogen) atoms. The fourth-order valence-electron chi connectivity index (χ4n) is 2.57. The van der Waals surface area contributed by atoms with E-state index in [1.807, 2.05) is 60.7 Å². The lowest BCUT2D eigenvalue weighted by Crippen LogP contribution is -2.21. The molecule has 1 heterocycles. The maximum absolute atomic E-state index is 12.5. The van der Waals surface area contributed by atoms with Crippen molar-refractivity contribution in [3.63, 3.8) is 0 Å². The molecular weight excluding hydrogens is 398 g/mol. The van der Waals surface area contributed by atoms with Crippen LogP contribution in [0.2, 0.25) is 0 Å². The van der Waals surface area contributed by atoms with E-state index in [-0.39, 0.29) is 22.5 Å². The Morgan fingerprint density at radius 3 is 2.15 bits per heavy atom. The van der Waals surface area contributed by atoms with Crippen molar-refractivity contribution in [3.05, 3.63) is 98.4 Å². The number of carboxylic acid groups (broad SMARTS) is 1. The van der Waals surface area contributed by atoms with Gasteiger partial charge in [-0.2, -0.15) is 0 Å². The van der Waals surface area contributed by atoms with Crippen LogP contribution in [0, 0.1) is 0 Å². The third kappa shape index (κ3) is 4.03. The van der Waals surface area contributed by atoms with Crippen LogP contribution in [0.1, 0.15) is 21.6 Å². The first kappa shape index (κ1) is 17.9. The average Bonchev–Trinajstić information content (AvgIpc) is 2.65. The molecule has 2 aromatic carbocycles. The van der Waals surface area contributed by atoms with Crippen molar-refractivity contribution in [2.75, 3.05) is 0 Å². The van der Waals surface area contributed by atoms with Crippen molar-refractivity contribution in [1.82, 2.24) is 4.57 Å². The van der Waals surface area contributed by atoms with Gasteiger partial charge in [-0.15, -0.1) is 0 Å². The van der Waals surface area contributed by atoms with Gasteiger partial charge in [0.15, 0.2) is 5.75 Å². The number of pyridine rings is 1. The molecule has 1 aromatic heterocycles. The molecule has 132 valence electrons. The van der Waals surface area contributed by atoms with E-state index in [0.717, 1.165) is 11.1 Å². The van der Waals surface area contributed by atoms with E-state index in [0.29, 0.717) is 6.54 Å². The Hall–Kier alpha value is -2.86. The van der Waals surface area contributed by atoms with Gasteiger partial charge in [0.1, 0.15) is 16.8 Å². The fourth-order valence-corrected chi connectivity index (χ4v) is 3.16. The molecule has 0 bridgehead atoms. The topological polar surface area (TPSA) is 68.5 Å². The van der Waals surface area contributed by atoms with E-state index in [2.05, 4.69) is 15.9 Å². The summed E-state index contributed by atoms with van der Waals surface area (Å²) in [6.07, 6.45) is 1.45. The number of carbonyl (C=O) groups is 1. The van der Waals surface area contributed by atoms with Gasteiger partial charge in [-0.25, -0.2) is 4.79 Å². The predicted octanol–water partition coefficient (Wildman–Crippen LogP) is 3.94. The summed E-state index contributed by atoms with van der Waals surface area (Å²) in [4.78, 5) is 24.1. The zero-order chi connectivity index (χ0) is 18.5. The van der Waals surface area contributed by atoms with Crippen LogP contribution in [0.25, 0.3) is 0 Å². The molecule has 0 aliphatic heterocycles. The Kier molecular flexibility index (Phi) is 5.53. The molecule has 0 atom stereocenters. The van der Waals surface area contributed by atoms with Crippen LogP contribution < -0.4 is 10.2 Å². The van der Waals surface area contributed by atoms with Crippen LogP contribution >= 0.6 is 15.9 Å². The monoisotopic (exact) mass is 413 g/mol. The van der Waals surface area contributed by atoms with Gasteiger partial charge in [-0.3, -0.25) is 4.79 Å². The van der Waals surface area contributed by atoms with E-state index in [1.54, 1.807) is 0 Å². The summed E-state index contributed by atoms with van der Waals surface area (Å²) in [5, 5.41) is 9.52. The highest BCUT2D eigenvalue weighted by Crippen LogP contribution is 2.20. The number of hydrogen-bond donors (Lipinski definition) is 1. The first-order valence-electron chi connectivity index (χ1n) is 7.93. The van der Waals surface area contributed by atoms with Crippen LogP contribution in [0.5, 0.6) is 5.75 Å². The Balaban J connectivity index is 1.97. The second-order valence-electron chi connectivity index (χ2n) is 5.68. The summed E-state index contributed by atoms with van der Waals surface area (Å²) in [5.41, 5.74) is 1.24. The summed E-state index contributed by atoms with van der Waals surface area (Å²) >= 11 is 3.13. The Morgan fingerprint density at radius 2 is 1.58 bits per heavy atom. The largest absolute Gasteiger partial charge is 0.483 e. The van der Waals surface area contributed by atoms with Crippen LogP contribution in [0.15, 0.2) is 76.1 Å². The minimum absolute atomic E-state index is 0.0218. The average molecular weight is 414 g/mol. The molecule has 3 aromatic rings. The van der Waals surface area contributed by atoms with Crippen molar-refractivity contribution in [1.29, 1.82) is 0 Å². The van der Waals surface area contributed by atoms with Gasteiger partial charge in [-0.05, 0) is 27.1 Å². The Bertz CT molecular complexity index is 968. The van der Waals surface area contributed by atoms with Gasteiger partial charge in [0.2, 0.25) is 5.43 Å². The maximum atomic E-state index is 12.5. The SMILES string of the molecule is O=C(O)c1c(Br)c(=O)c(OCc2ccccc2)cn1Cc1ccccc1. The summed E-state index contributed by atoms with van der Waals surface area (Å²) in [5.74, 6) is -1.08. The number of halogens is 1. The number of hydrogen-bond acceptors (Lipinski definition) is 3. The number of nitrogens with zero attached hydrogens (tertiary/aromatic N) is 1. The van der Waals surface area contributed by atoms with Gasteiger partial charge in [-0.1, -0.05) is 60.7 Å². The second-order valence-corrected chi connectivity index (χ2v) is 6.47. The zero-order valence-corrected chi connectivity index (χ0v) is 15.3. The fraction of sp³-hybridized carbons (Fsp3) is 0.100. The van der Waals surface area contributed by atoms with Crippen molar-refractivity contribution in [3.8, 4) is 5.75 Å². The van der Waals surface area contributed by atoms with E-state index in [4.69, 9.17) is 4.74 Å². The highest BCUT2D eigenvalue weighted by molar-refractivity contribution is 9.10. The number of benzene rings is 2. The number of aromatic carboxylic acids is 1. The predicted molar refractivity (Wildman–Crippen MR) is 102 cm³/mol. The molecule has 5 nitrogen and oxygen atoms in total. The lowest BCUT2D eigenvalue weighted by atomic mass is 10.2. The van der Waals surface area contributed by atoms with Crippen LogP contribution in [-0.2, 0) is 13.2 Å². The molecule has 6 heteroatoms. The molecule has 0 radical (unpaired) electrons. The maximum Gasteiger partial charge on any atom is 0.353 e. The van der Waals surface area contributed by atoms with Crippen molar-refractivity contribution < 1.29 is 14.6 Å².